The molecule has 0 N–H and O–H groups in total. The number of aryl methyl sites for hydroxylation is 1. The number of halogens is 3. The van der Waals surface area contributed by atoms with Crippen LogP contribution < -0.4 is 0 Å². The third-order valence-corrected chi connectivity index (χ3v) is 5.73. The summed E-state index contributed by atoms with van der Waals surface area (Å²) >= 11 is 5.60. The Hall–Kier alpha value is -2.07. The second-order valence-electron chi connectivity index (χ2n) is 6.12. The van der Waals surface area contributed by atoms with Gasteiger partial charge in [-0.1, -0.05) is 15.9 Å². The fraction of sp³-hybridized carbons (Fsp3) is 0.150. The number of benzene rings is 2. The summed E-state index contributed by atoms with van der Waals surface area (Å²) in [4.78, 5) is 21.4. The molecule has 0 saturated heterocycles. The van der Waals surface area contributed by atoms with Crippen molar-refractivity contribution in [3.05, 3.63) is 61.8 Å². The molecule has 0 saturated carbocycles. The highest BCUT2D eigenvalue weighted by Crippen LogP contribution is 2.33. The Morgan fingerprint density at radius 1 is 1.29 bits per heavy atom. The van der Waals surface area contributed by atoms with Gasteiger partial charge in [-0.15, -0.1) is 0 Å². The van der Waals surface area contributed by atoms with Crippen LogP contribution >= 0.6 is 38.5 Å². The van der Waals surface area contributed by atoms with E-state index >= 15 is 0 Å². The molecule has 0 radical (unpaired) electrons. The van der Waals surface area contributed by atoms with Crippen molar-refractivity contribution in [2.24, 2.45) is 0 Å². The van der Waals surface area contributed by atoms with E-state index in [9.17, 15) is 9.18 Å². The number of rotatable bonds is 3. The molecule has 0 aliphatic heterocycles. The van der Waals surface area contributed by atoms with Crippen LogP contribution in [0.3, 0.4) is 0 Å². The molecule has 2 heterocycles. The van der Waals surface area contributed by atoms with Gasteiger partial charge in [0.25, 0.3) is 0 Å². The molecule has 0 spiro atoms. The highest BCUT2D eigenvalue weighted by atomic mass is 127. The summed E-state index contributed by atoms with van der Waals surface area (Å²) in [5.41, 5.74) is 2.76. The zero-order chi connectivity index (χ0) is 20.0. The number of ether oxygens (including phenoxy) is 1. The van der Waals surface area contributed by atoms with Crippen molar-refractivity contribution >= 4 is 66.4 Å². The van der Waals surface area contributed by atoms with E-state index in [1.165, 1.54) is 6.07 Å². The number of carbonyl (C=O) groups excluding carboxylic acids is 1. The molecule has 142 valence electrons. The van der Waals surface area contributed by atoms with Gasteiger partial charge in [0, 0.05) is 14.2 Å². The van der Waals surface area contributed by atoms with Crippen molar-refractivity contribution in [2.45, 2.75) is 13.8 Å². The maximum Gasteiger partial charge on any atom is 0.340 e. The van der Waals surface area contributed by atoms with Gasteiger partial charge in [0.15, 0.2) is 0 Å². The average Bonchev–Trinajstić information content (AvgIpc) is 2.99. The molecule has 28 heavy (non-hydrogen) atoms. The zero-order valence-corrected chi connectivity index (χ0v) is 18.7. The summed E-state index contributed by atoms with van der Waals surface area (Å²) in [6.45, 7) is 3.84. The smallest absolute Gasteiger partial charge is 0.340 e. The van der Waals surface area contributed by atoms with E-state index in [1.807, 2.05) is 17.6 Å². The maximum absolute atomic E-state index is 14.8. The fourth-order valence-electron chi connectivity index (χ4n) is 3.29. The number of carbonyl (C=O) groups is 1. The molecule has 0 fully saturated rings. The first-order valence-electron chi connectivity index (χ1n) is 8.51. The highest BCUT2D eigenvalue weighted by Gasteiger charge is 2.21. The molecule has 0 atom stereocenters. The summed E-state index contributed by atoms with van der Waals surface area (Å²) in [5.74, 6) is -0.177. The normalized spacial score (nSPS) is 11.3. The van der Waals surface area contributed by atoms with Crippen molar-refractivity contribution in [2.75, 3.05) is 6.61 Å². The molecular weight excluding hydrogens is 540 g/mol. The van der Waals surface area contributed by atoms with Crippen LogP contribution in [0.2, 0.25) is 0 Å². The second kappa shape index (κ2) is 7.40. The summed E-state index contributed by atoms with van der Waals surface area (Å²) in [7, 11) is 0. The van der Waals surface area contributed by atoms with Crippen molar-refractivity contribution in [1.82, 2.24) is 14.5 Å². The monoisotopic (exact) mass is 553 g/mol. The number of esters is 1. The van der Waals surface area contributed by atoms with Gasteiger partial charge in [0.05, 0.1) is 34.3 Å². The van der Waals surface area contributed by atoms with E-state index in [1.54, 1.807) is 31.3 Å². The molecule has 5 nitrogen and oxygen atoms in total. The summed E-state index contributed by atoms with van der Waals surface area (Å²) in [6, 6.07) is 8.43. The third-order valence-electron chi connectivity index (χ3n) is 4.40. The minimum atomic E-state index is -0.446. The molecule has 0 bridgehead atoms. The first-order valence-corrected chi connectivity index (χ1v) is 10.4. The fourth-order valence-corrected chi connectivity index (χ4v) is 4.33. The molecule has 4 rings (SSSR count). The molecule has 0 aliphatic carbocycles. The van der Waals surface area contributed by atoms with Gasteiger partial charge in [-0.05, 0) is 66.8 Å². The van der Waals surface area contributed by atoms with Crippen LogP contribution in [0.5, 0.6) is 0 Å². The first-order chi connectivity index (χ1) is 13.4. The Kier molecular flexibility index (Phi) is 5.09. The quantitative estimate of drug-likeness (QED) is 0.246. The topological polar surface area (TPSA) is 57.0 Å². The Bertz CT molecular complexity index is 1260. The average molecular weight is 554 g/mol. The van der Waals surface area contributed by atoms with Crippen molar-refractivity contribution < 1.29 is 13.9 Å². The van der Waals surface area contributed by atoms with Crippen molar-refractivity contribution in [1.29, 1.82) is 0 Å². The Morgan fingerprint density at radius 3 is 2.82 bits per heavy atom. The number of nitrogens with zero attached hydrogens (tertiary/aromatic N) is 3. The molecule has 8 heteroatoms. The summed E-state index contributed by atoms with van der Waals surface area (Å²) in [6.07, 6.45) is 1.65. The van der Waals surface area contributed by atoms with Gasteiger partial charge >= 0.3 is 5.97 Å². The second-order valence-corrected chi connectivity index (χ2v) is 8.20. The molecule has 0 aliphatic rings. The van der Waals surface area contributed by atoms with E-state index < -0.39 is 5.97 Å². The van der Waals surface area contributed by atoms with E-state index in [0.717, 1.165) is 3.57 Å². The molecule has 2 aromatic heterocycles. The standard InChI is InChI=1S/C20H14BrFIN3O2/c1-3-28-20(27)12-8-11(21)9-16-18(12)25-10(2)26(16)15-6-7-24-19-14(23)5-4-13(22)17(15)19/h4-9H,3H2,1-2H3. The minimum Gasteiger partial charge on any atom is -0.462 e. The lowest BCUT2D eigenvalue weighted by atomic mass is 10.1. The van der Waals surface area contributed by atoms with Crippen LogP contribution in [0.15, 0.2) is 41.0 Å². The van der Waals surface area contributed by atoms with Crippen LogP contribution in [-0.4, -0.2) is 27.1 Å². The largest absolute Gasteiger partial charge is 0.462 e. The number of aromatic nitrogens is 3. The molecule has 2 aromatic carbocycles. The van der Waals surface area contributed by atoms with Gasteiger partial charge in [-0.2, -0.15) is 0 Å². The summed E-state index contributed by atoms with van der Waals surface area (Å²) in [5, 5.41) is 0.412. The highest BCUT2D eigenvalue weighted by molar-refractivity contribution is 14.1. The van der Waals surface area contributed by atoms with Gasteiger partial charge < -0.3 is 4.74 Å². The van der Waals surface area contributed by atoms with Crippen molar-refractivity contribution in [3.8, 4) is 5.69 Å². The number of hydrogen-bond acceptors (Lipinski definition) is 4. The lowest BCUT2D eigenvalue weighted by molar-refractivity contribution is 0.0528. The SMILES string of the molecule is CCOC(=O)c1cc(Br)cc2c1nc(C)n2-c1ccnc2c(I)ccc(F)c12. The lowest BCUT2D eigenvalue weighted by Gasteiger charge is -2.12. The summed E-state index contributed by atoms with van der Waals surface area (Å²) < 4.78 is 23.3. The van der Waals surface area contributed by atoms with Crippen LogP contribution in [0.4, 0.5) is 4.39 Å². The molecular formula is C20H14BrFIN3O2. The maximum atomic E-state index is 14.8. The van der Waals surface area contributed by atoms with Crippen LogP contribution in [0, 0.1) is 16.3 Å². The molecule has 4 aromatic rings. The van der Waals surface area contributed by atoms with Crippen molar-refractivity contribution in [3.63, 3.8) is 0 Å². The van der Waals surface area contributed by atoms with E-state index in [-0.39, 0.29) is 12.4 Å². The van der Waals surface area contributed by atoms with E-state index in [0.29, 0.717) is 43.5 Å². The minimum absolute atomic E-state index is 0.269. The van der Waals surface area contributed by atoms with E-state index in [2.05, 4.69) is 48.5 Å². The van der Waals surface area contributed by atoms with Crippen LogP contribution in [0.25, 0.3) is 27.6 Å². The zero-order valence-electron chi connectivity index (χ0n) is 15.0. The van der Waals surface area contributed by atoms with Gasteiger partial charge in [-0.3, -0.25) is 9.55 Å². The van der Waals surface area contributed by atoms with Gasteiger partial charge in [0.2, 0.25) is 0 Å². The molecule has 0 amide bonds. The van der Waals surface area contributed by atoms with Gasteiger partial charge in [-0.25, -0.2) is 14.2 Å². The Morgan fingerprint density at radius 2 is 2.07 bits per heavy atom. The number of pyridine rings is 1. The van der Waals surface area contributed by atoms with E-state index in [4.69, 9.17) is 4.74 Å². The van der Waals surface area contributed by atoms with Crippen LogP contribution in [0.1, 0.15) is 23.1 Å². The Labute approximate surface area is 182 Å². The lowest BCUT2D eigenvalue weighted by Crippen LogP contribution is -2.06. The molecule has 0 unspecified atom stereocenters. The number of fused-ring (bicyclic) bond motifs is 2. The first kappa shape index (κ1) is 19.3. The van der Waals surface area contributed by atoms with Crippen LogP contribution in [-0.2, 0) is 4.74 Å². The number of hydrogen-bond donors (Lipinski definition) is 0. The predicted octanol–water partition coefficient (Wildman–Crippen LogP) is 5.57. The predicted molar refractivity (Wildman–Crippen MR) is 117 cm³/mol. The Balaban J connectivity index is 2.09. The number of imidazole rings is 1. The third kappa shape index (κ3) is 3.08. The van der Waals surface area contributed by atoms with Gasteiger partial charge in [0.1, 0.15) is 17.2 Å².